The van der Waals surface area contributed by atoms with Crippen molar-refractivity contribution in [3.05, 3.63) is 29.0 Å². The number of aliphatic carboxylic acids is 1. The predicted octanol–water partition coefficient (Wildman–Crippen LogP) is 1.96. The van der Waals surface area contributed by atoms with Crippen molar-refractivity contribution in [3.8, 4) is 0 Å². The van der Waals surface area contributed by atoms with Crippen molar-refractivity contribution in [2.75, 3.05) is 7.05 Å². The van der Waals surface area contributed by atoms with Gasteiger partial charge in [-0.3, -0.25) is 4.79 Å². The Balaban J connectivity index is 3.23. The molecule has 0 spiro atoms. The quantitative estimate of drug-likeness (QED) is 0.902. The Morgan fingerprint density at radius 1 is 1.53 bits per heavy atom. The zero-order chi connectivity index (χ0) is 14.8. The molecular weight excluding hydrogens is 297 g/mol. The van der Waals surface area contributed by atoms with Gasteiger partial charge in [-0.25, -0.2) is 12.8 Å². The molecule has 5 nitrogen and oxygen atoms in total. The third-order valence-electron chi connectivity index (χ3n) is 2.68. The fraction of sp³-hybridized carbons (Fsp3) is 0.364. The molecule has 1 rings (SSSR count). The molecule has 0 aliphatic carbocycles. The molecule has 106 valence electrons. The first-order valence-corrected chi connectivity index (χ1v) is 7.19. The lowest BCUT2D eigenvalue weighted by molar-refractivity contribution is -0.141. The van der Waals surface area contributed by atoms with Crippen LogP contribution in [0.25, 0.3) is 0 Å². The lowest BCUT2D eigenvalue weighted by Crippen LogP contribution is -2.41. The molecule has 0 aromatic heterocycles. The predicted molar refractivity (Wildman–Crippen MR) is 68.1 cm³/mol. The molecule has 1 N–H and O–H groups in total. The number of benzene rings is 1. The van der Waals surface area contributed by atoms with Gasteiger partial charge in [0.15, 0.2) is 0 Å². The minimum absolute atomic E-state index is 0.111. The van der Waals surface area contributed by atoms with Crippen molar-refractivity contribution < 1.29 is 22.7 Å². The first-order chi connectivity index (χ1) is 8.71. The molecule has 1 aromatic rings. The third-order valence-corrected chi connectivity index (χ3v) is 4.83. The maximum atomic E-state index is 13.0. The molecule has 8 heteroatoms. The summed E-state index contributed by atoms with van der Waals surface area (Å²) in [5.74, 6) is -1.99. The second-order valence-electron chi connectivity index (χ2n) is 3.86. The van der Waals surface area contributed by atoms with Gasteiger partial charge in [0.25, 0.3) is 0 Å². The van der Waals surface area contributed by atoms with E-state index in [1.165, 1.54) is 0 Å². The summed E-state index contributed by atoms with van der Waals surface area (Å²) < 4.78 is 38.1. The summed E-state index contributed by atoms with van der Waals surface area (Å²) in [6.07, 6.45) is 0.111. The summed E-state index contributed by atoms with van der Waals surface area (Å²) in [6, 6.07) is 1.73. The molecule has 0 radical (unpaired) electrons. The molecular formula is C11H13ClFNO4S. The number of carboxylic acid groups (broad SMARTS) is 1. The second kappa shape index (κ2) is 5.85. The molecule has 19 heavy (non-hydrogen) atoms. The molecule has 0 fully saturated rings. The SMILES string of the molecule is CCC(C(=O)O)N(C)S(=O)(=O)c1ccc(F)c(Cl)c1. The van der Waals surface area contributed by atoms with Crippen LogP contribution in [0.1, 0.15) is 13.3 Å². The molecule has 0 aliphatic rings. The van der Waals surface area contributed by atoms with Crippen molar-refractivity contribution in [3.63, 3.8) is 0 Å². The van der Waals surface area contributed by atoms with E-state index in [4.69, 9.17) is 16.7 Å². The molecule has 1 unspecified atom stereocenters. The summed E-state index contributed by atoms with van der Waals surface area (Å²) in [7, 11) is -2.87. The molecule has 0 saturated heterocycles. The third kappa shape index (κ3) is 3.23. The van der Waals surface area contributed by atoms with E-state index in [2.05, 4.69) is 0 Å². The maximum absolute atomic E-state index is 13.0. The number of halogens is 2. The van der Waals surface area contributed by atoms with E-state index in [-0.39, 0.29) is 16.3 Å². The van der Waals surface area contributed by atoms with E-state index in [9.17, 15) is 17.6 Å². The van der Waals surface area contributed by atoms with Crippen LogP contribution in [0.4, 0.5) is 4.39 Å². The zero-order valence-corrected chi connectivity index (χ0v) is 11.9. The minimum atomic E-state index is -4.03. The highest BCUT2D eigenvalue weighted by Crippen LogP contribution is 2.23. The Labute approximate surface area is 115 Å². The van der Waals surface area contributed by atoms with Crippen LogP contribution in [0.5, 0.6) is 0 Å². The van der Waals surface area contributed by atoms with Gasteiger partial charge in [0.1, 0.15) is 11.9 Å². The summed E-state index contributed by atoms with van der Waals surface area (Å²) in [5, 5.41) is 8.63. The van der Waals surface area contributed by atoms with Crippen LogP contribution in [0.15, 0.2) is 23.1 Å². The van der Waals surface area contributed by atoms with E-state index in [1.807, 2.05) is 0 Å². The fourth-order valence-electron chi connectivity index (χ4n) is 1.56. The Morgan fingerprint density at radius 3 is 2.53 bits per heavy atom. The number of carbonyl (C=O) groups is 1. The maximum Gasteiger partial charge on any atom is 0.321 e. The summed E-state index contributed by atoms with van der Waals surface area (Å²) in [4.78, 5) is 10.7. The summed E-state index contributed by atoms with van der Waals surface area (Å²) in [6.45, 7) is 1.56. The molecule has 0 heterocycles. The zero-order valence-electron chi connectivity index (χ0n) is 10.3. The van der Waals surface area contributed by atoms with Gasteiger partial charge in [-0.05, 0) is 24.6 Å². The fourth-order valence-corrected chi connectivity index (χ4v) is 3.22. The monoisotopic (exact) mass is 309 g/mol. The highest BCUT2D eigenvalue weighted by Gasteiger charge is 2.31. The minimum Gasteiger partial charge on any atom is -0.480 e. The number of hydrogen-bond donors (Lipinski definition) is 1. The number of hydrogen-bond acceptors (Lipinski definition) is 3. The number of rotatable bonds is 5. The number of sulfonamides is 1. The van der Waals surface area contributed by atoms with Gasteiger partial charge in [0, 0.05) is 7.05 Å². The first kappa shape index (κ1) is 15.9. The van der Waals surface area contributed by atoms with Gasteiger partial charge in [-0.15, -0.1) is 0 Å². The van der Waals surface area contributed by atoms with Crippen molar-refractivity contribution in [2.45, 2.75) is 24.3 Å². The van der Waals surface area contributed by atoms with Crippen LogP contribution in [0, 0.1) is 5.82 Å². The summed E-state index contributed by atoms with van der Waals surface area (Å²) in [5.41, 5.74) is 0. The molecule has 0 bridgehead atoms. The van der Waals surface area contributed by atoms with E-state index in [0.29, 0.717) is 0 Å². The van der Waals surface area contributed by atoms with Crippen LogP contribution in [0.3, 0.4) is 0 Å². The number of carboxylic acids is 1. The number of nitrogens with zero attached hydrogens (tertiary/aromatic N) is 1. The highest BCUT2D eigenvalue weighted by molar-refractivity contribution is 7.89. The van der Waals surface area contributed by atoms with Crippen molar-refractivity contribution in [2.24, 2.45) is 0 Å². The van der Waals surface area contributed by atoms with Crippen LogP contribution in [-0.2, 0) is 14.8 Å². The van der Waals surface area contributed by atoms with Crippen LogP contribution in [0.2, 0.25) is 5.02 Å². The normalized spacial score (nSPS) is 13.5. The standard InChI is InChI=1S/C11H13ClFNO4S/c1-3-10(11(15)16)14(2)19(17,18)7-4-5-9(13)8(12)6-7/h4-6,10H,3H2,1-2H3,(H,15,16). The second-order valence-corrected chi connectivity index (χ2v) is 6.26. The van der Waals surface area contributed by atoms with Gasteiger partial charge in [-0.2, -0.15) is 4.31 Å². The lowest BCUT2D eigenvalue weighted by atomic mass is 10.2. The van der Waals surface area contributed by atoms with Crippen molar-refractivity contribution in [1.82, 2.24) is 4.31 Å². The van der Waals surface area contributed by atoms with Gasteiger partial charge in [-0.1, -0.05) is 18.5 Å². The molecule has 0 amide bonds. The van der Waals surface area contributed by atoms with Gasteiger partial charge < -0.3 is 5.11 Å². The molecule has 0 saturated carbocycles. The van der Waals surface area contributed by atoms with Crippen LogP contribution < -0.4 is 0 Å². The van der Waals surface area contributed by atoms with Crippen LogP contribution in [-0.4, -0.2) is 36.9 Å². The first-order valence-electron chi connectivity index (χ1n) is 5.37. The molecule has 1 aromatic carbocycles. The average molecular weight is 310 g/mol. The number of likely N-dealkylation sites (N-methyl/N-ethyl adjacent to an activating group) is 1. The van der Waals surface area contributed by atoms with E-state index < -0.39 is 27.9 Å². The topological polar surface area (TPSA) is 74.7 Å². The Bertz CT molecular complexity index is 590. The summed E-state index contributed by atoms with van der Waals surface area (Å²) >= 11 is 5.53. The van der Waals surface area contributed by atoms with Crippen molar-refractivity contribution >= 4 is 27.6 Å². The molecule has 0 aliphatic heterocycles. The average Bonchev–Trinajstić information content (AvgIpc) is 2.32. The van der Waals surface area contributed by atoms with E-state index in [1.54, 1.807) is 6.92 Å². The largest absolute Gasteiger partial charge is 0.480 e. The van der Waals surface area contributed by atoms with E-state index >= 15 is 0 Å². The molecule has 1 atom stereocenters. The smallest absolute Gasteiger partial charge is 0.321 e. The van der Waals surface area contributed by atoms with E-state index in [0.717, 1.165) is 29.6 Å². The van der Waals surface area contributed by atoms with Crippen molar-refractivity contribution in [1.29, 1.82) is 0 Å². The lowest BCUT2D eigenvalue weighted by Gasteiger charge is -2.23. The van der Waals surface area contributed by atoms with Gasteiger partial charge in [0.05, 0.1) is 9.92 Å². The Hall–Kier alpha value is -1.18. The van der Waals surface area contributed by atoms with Crippen LogP contribution >= 0.6 is 11.6 Å². The van der Waals surface area contributed by atoms with Gasteiger partial charge >= 0.3 is 5.97 Å². The highest BCUT2D eigenvalue weighted by atomic mass is 35.5. The Morgan fingerprint density at radius 2 is 2.11 bits per heavy atom. The van der Waals surface area contributed by atoms with Gasteiger partial charge in [0.2, 0.25) is 10.0 Å². The Kier molecular flexibility index (Phi) is 4.89.